The topological polar surface area (TPSA) is 43.7 Å². The molecule has 3 heteroatoms. The van der Waals surface area contributed by atoms with Gasteiger partial charge in [0, 0.05) is 12.6 Å². The molecule has 1 aliphatic carbocycles. The summed E-state index contributed by atoms with van der Waals surface area (Å²) < 4.78 is 0. The van der Waals surface area contributed by atoms with Crippen LogP contribution in [0.3, 0.4) is 0 Å². The van der Waals surface area contributed by atoms with Crippen LogP contribution in [-0.4, -0.2) is 47.0 Å². The van der Waals surface area contributed by atoms with Gasteiger partial charge < -0.3 is 10.2 Å². The Balaban J connectivity index is 1.88. The molecule has 3 unspecified atom stereocenters. The SMILES string of the molecule is OCC1CCCCN1CC1CCCCCC1O. The number of aliphatic hydroxyl groups is 2. The van der Waals surface area contributed by atoms with Gasteiger partial charge >= 0.3 is 0 Å². The maximum absolute atomic E-state index is 10.1. The highest BCUT2D eigenvalue weighted by Gasteiger charge is 2.28. The summed E-state index contributed by atoms with van der Waals surface area (Å²) >= 11 is 0. The van der Waals surface area contributed by atoms with E-state index in [1.54, 1.807) is 0 Å². The minimum atomic E-state index is -0.112. The molecule has 0 amide bonds. The van der Waals surface area contributed by atoms with Crippen molar-refractivity contribution in [2.45, 2.75) is 63.5 Å². The van der Waals surface area contributed by atoms with Crippen LogP contribution >= 0.6 is 0 Å². The molecule has 3 nitrogen and oxygen atoms in total. The van der Waals surface area contributed by atoms with Crippen LogP contribution in [0.1, 0.15) is 51.4 Å². The molecule has 0 radical (unpaired) electrons. The van der Waals surface area contributed by atoms with Gasteiger partial charge in [0.1, 0.15) is 0 Å². The van der Waals surface area contributed by atoms with Gasteiger partial charge in [0.2, 0.25) is 0 Å². The number of likely N-dealkylation sites (tertiary alicyclic amines) is 1. The highest BCUT2D eigenvalue weighted by atomic mass is 16.3. The molecule has 1 aliphatic heterocycles. The van der Waals surface area contributed by atoms with Gasteiger partial charge in [-0.3, -0.25) is 4.90 Å². The van der Waals surface area contributed by atoms with E-state index in [1.165, 1.54) is 32.1 Å². The molecule has 100 valence electrons. The Morgan fingerprint density at radius 2 is 1.71 bits per heavy atom. The van der Waals surface area contributed by atoms with Crippen molar-refractivity contribution in [1.82, 2.24) is 4.90 Å². The summed E-state index contributed by atoms with van der Waals surface area (Å²) in [5.74, 6) is 0.435. The average Bonchev–Trinajstić information content (AvgIpc) is 2.56. The summed E-state index contributed by atoms with van der Waals surface area (Å²) in [6.45, 7) is 2.38. The molecule has 1 heterocycles. The van der Waals surface area contributed by atoms with E-state index in [-0.39, 0.29) is 12.7 Å². The Bertz CT molecular complexity index is 222. The lowest BCUT2D eigenvalue weighted by Crippen LogP contribution is -2.46. The summed E-state index contributed by atoms with van der Waals surface area (Å²) in [6.07, 6.45) is 9.36. The molecular formula is C14H27NO2. The predicted octanol–water partition coefficient (Wildman–Crippen LogP) is 1.77. The van der Waals surface area contributed by atoms with Crippen LogP contribution in [-0.2, 0) is 0 Å². The van der Waals surface area contributed by atoms with Gasteiger partial charge in [0.15, 0.2) is 0 Å². The molecule has 3 atom stereocenters. The monoisotopic (exact) mass is 241 g/mol. The third-order valence-electron chi connectivity index (χ3n) is 4.55. The molecule has 1 saturated carbocycles. The van der Waals surface area contributed by atoms with Gasteiger partial charge in [-0.1, -0.05) is 25.7 Å². The summed E-state index contributed by atoms with van der Waals surface area (Å²) in [5, 5.41) is 19.6. The Morgan fingerprint density at radius 3 is 2.53 bits per heavy atom. The minimum Gasteiger partial charge on any atom is -0.395 e. The quantitative estimate of drug-likeness (QED) is 0.740. The third-order valence-corrected chi connectivity index (χ3v) is 4.55. The Morgan fingerprint density at radius 1 is 0.941 bits per heavy atom. The molecule has 0 aromatic rings. The zero-order valence-corrected chi connectivity index (χ0v) is 10.9. The van der Waals surface area contributed by atoms with Crippen LogP contribution in [0.2, 0.25) is 0 Å². The summed E-state index contributed by atoms with van der Waals surface area (Å²) in [7, 11) is 0. The second-order valence-corrected chi connectivity index (χ2v) is 5.79. The van der Waals surface area contributed by atoms with E-state index in [0.717, 1.165) is 32.4 Å². The van der Waals surface area contributed by atoms with Crippen LogP contribution in [0.5, 0.6) is 0 Å². The second kappa shape index (κ2) is 6.72. The Hall–Kier alpha value is -0.120. The van der Waals surface area contributed by atoms with Gasteiger partial charge in [-0.05, 0) is 38.1 Å². The molecule has 2 fully saturated rings. The predicted molar refractivity (Wildman–Crippen MR) is 68.9 cm³/mol. The van der Waals surface area contributed by atoms with E-state index in [4.69, 9.17) is 0 Å². The van der Waals surface area contributed by atoms with E-state index in [9.17, 15) is 10.2 Å². The molecule has 0 spiro atoms. The number of piperidine rings is 1. The maximum atomic E-state index is 10.1. The van der Waals surface area contributed by atoms with E-state index in [1.807, 2.05) is 0 Å². The lowest BCUT2D eigenvalue weighted by Gasteiger charge is -2.37. The highest BCUT2D eigenvalue weighted by Crippen LogP contribution is 2.26. The van der Waals surface area contributed by atoms with Crippen LogP contribution < -0.4 is 0 Å². The lowest BCUT2D eigenvalue weighted by atomic mass is 9.94. The van der Waals surface area contributed by atoms with Crippen LogP contribution in [0.15, 0.2) is 0 Å². The molecule has 17 heavy (non-hydrogen) atoms. The van der Waals surface area contributed by atoms with Gasteiger partial charge in [-0.15, -0.1) is 0 Å². The van der Waals surface area contributed by atoms with E-state index in [2.05, 4.69) is 4.90 Å². The van der Waals surface area contributed by atoms with Gasteiger partial charge in [-0.2, -0.15) is 0 Å². The fourth-order valence-corrected chi connectivity index (χ4v) is 3.39. The standard InChI is InChI=1S/C14H27NO2/c16-11-13-7-4-5-9-15(13)10-12-6-2-1-3-8-14(12)17/h12-14,16-17H,1-11H2. The molecule has 0 aromatic carbocycles. The number of hydrogen-bond donors (Lipinski definition) is 2. The van der Waals surface area contributed by atoms with E-state index >= 15 is 0 Å². The first-order chi connectivity index (χ1) is 8.31. The van der Waals surface area contributed by atoms with Crippen molar-refractivity contribution in [3.8, 4) is 0 Å². The number of rotatable bonds is 3. The van der Waals surface area contributed by atoms with Gasteiger partial charge in [0.05, 0.1) is 12.7 Å². The Kier molecular flexibility index (Phi) is 5.26. The van der Waals surface area contributed by atoms with Gasteiger partial charge in [0.25, 0.3) is 0 Å². The molecule has 2 N–H and O–H groups in total. The smallest absolute Gasteiger partial charge is 0.0586 e. The molecule has 0 aromatic heterocycles. The zero-order chi connectivity index (χ0) is 12.1. The summed E-state index contributed by atoms with van der Waals surface area (Å²) in [6, 6.07) is 0.346. The maximum Gasteiger partial charge on any atom is 0.0586 e. The Labute approximate surface area is 105 Å². The largest absolute Gasteiger partial charge is 0.395 e. The van der Waals surface area contributed by atoms with Crippen LogP contribution in [0, 0.1) is 5.92 Å². The highest BCUT2D eigenvalue weighted by molar-refractivity contribution is 4.82. The number of hydrogen-bond acceptors (Lipinski definition) is 3. The van der Waals surface area contributed by atoms with E-state index < -0.39 is 0 Å². The molecular weight excluding hydrogens is 214 g/mol. The minimum absolute atomic E-state index is 0.112. The second-order valence-electron chi connectivity index (χ2n) is 5.79. The molecule has 0 bridgehead atoms. The fraction of sp³-hybridized carbons (Fsp3) is 1.00. The summed E-state index contributed by atoms with van der Waals surface area (Å²) in [5.41, 5.74) is 0. The first-order valence-electron chi connectivity index (χ1n) is 7.34. The van der Waals surface area contributed by atoms with Crippen molar-refractivity contribution >= 4 is 0 Å². The molecule has 2 rings (SSSR count). The normalized spacial score (nSPS) is 36.7. The lowest BCUT2D eigenvalue weighted by molar-refractivity contribution is 0.0318. The van der Waals surface area contributed by atoms with Crippen molar-refractivity contribution in [1.29, 1.82) is 0 Å². The zero-order valence-electron chi connectivity index (χ0n) is 10.9. The third kappa shape index (κ3) is 3.67. The van der Waals surface area contributed by atoms with Crippen molar-refractivity contribution < 1.29 is 10.2 Å². The van der Waals surface area contributed by atoms with Crippen LogP contribution in [0.4, 0.5) is 0 Å². The first-order valence-corrected chi connectivity index (χ1v) is 7.34. The number of aliphatic hydroxyl groups excluding tert-OH is 2. The number of nitrogens with zero attached hydrogens (tertiary/aromatic N) is 1. The van der Waals surface area contributed by atoms with Crippen molar-refractivity contribution in [3.63, 3.8) is 0 Å². The fourth-order valence-electron chi connectivity index (χ4n) is 3.39. The van der Waals surface area contributed by atoms with Crippen molar-refractivity contribution in [3.05, 3.63) is 0 Å². The average molecular weight is 241 g/mol. The molecule has 1 saturated heterocycles. The summed E-state index contributed by atoms with van der Waals surface area (Å²) in [4.78, 5) is 2.42. The van der Waals surface area contributed by atoms with Crippen LogP contribution in [0.25, 0.3) is 0 Å². The van der Waals surface area contributed by atoms with Crippen molar-refractivity contribution in [2.24, 2.45) is 5.92 Å². The van der Waals surface area contributed by atoms with Crippen molar-refractivity contribution in [2.75, 3.05) is 19.7 Å². The van der Waals surface area contributed by atoms with Gasteiger partial charge in [-0.25, -0.2) is 0 Å². The molecule has 2 aliphatic rings. The van der Waals surface area contributed by atoms with E-state index in [0.29, 0.717) is 12.0 Å². The first kappa shape index (κ1) is 13.3.